The number of nitrogens with zero attached hydrogens (tertiary/aromatic N) is 1. The fraction of sp³-hybridized carbons (Fsp3) is 0.389. The van der Waals surface area contributed by atoms with E-state index in [0.717, 1.165) is 46.0 Å². The summed E-state index contributed by atoms with van der Waals surface area (Å²) in [5.74, 6) is 0.951. The van der Waals surface area contributed by atoms with Gasteiger partial charge in [-0.3, -0.25) is 4.79 Å². The molecule has 3 rings (SSSR count). The maximum atomic E-state index is 12.8. The molecule has 4 nitrogen and oxygen atoms in total. The van der Waals surface area contributed by atoms with Crippen molar-refractivity contribution in [2.45, 2.75) is 25.8 Å². The summed E-state index contributed by atoms with van der Waals surface area (Å²) in [6.07, 6.45) is 2.06. The van der Waals surface area contributed by atoms with Crippen LogP contribution in [0, 0.1) is 6.92 Å². The third kappa shape index (κ3) is 3.12. The van der Waals surface area contributed by atoms with Crippen molar-refractivity contribution in [3.63, 3.8) is 0 Å². The maximum Gasteiger partial charge on any atom is 0.264 e. The molecule has 122 valence electrons. The van der Waals surface area contributed by atoms with Crippen molar-refractivity contribution in [2.24, 2.45) is 5.73 Å². The highest BCUT2D eigenvalue weighted by atomic mass is 32.1. The van der Waals surface area contributed by atoms with E-state index in [0.29, 0.717) is 6.54 Å². The Balaban J connectivity index is 1.86. The van der Waals surface area contributed by atoms with Gasteiger partial charge in [0.25, 0.3) is 5.91 Å². The standard InChI is InChI=1S/C18H22N2O2S/c1-12-16(13-5-7-15(22-2)8-6-13)10-17(23-12)18(21)20-9-3-4-14(20)11-19/h5-8,10,14H,3-4,9,11,19H2,1-2H3. The van der Waals surface area contributed by atoms with Crippen LogP contribution in [0.5, 0.6) is 5.75 Å². The van der Waals surface area contributed by atoms with Crippen LogP contribution in [0.25, 0.3) is 11.1 Å². The Morgan fingerprint density at radius 3 is 2.78 bits per heavy atom. The minimum atomic E-state index is 0.116. The number of aryl methyl sites for hydroxylation is 1. The molecule has 1 aliphatic heterocycles. The van der Waals surface area contributed by atoms with Gasteiger partial charge >= 0.3 is 0 Å². The number of amides is 1. The van der Waals surface area contributed by atoms with Crippen molar-refractivity contribution in [1.82, 2.24) is 4.90 Å². The number of ether oxygens (including phenoxy) is 1. The Morgan fingerprint density at radius 1 is 1.39 bits per heavy atom. The molecular weight excluding hydrogens is 308 g/mol. The lowest BCUT2D eigenvalue weighted by Gasteiger charge is -2.22. The molecule has 1 aromatic carbocycles. The second-order valence-corrected chi connectivity index (χ2v) is 7.10. The first kappa shape index (κ1) is 16.0. The molecule has 1 aliphatic rings. The zero-order chi connectivity index (χ0) is 16.4. The Morgan fingerprint density at radius 2 is 2.13 bits per heavy atom. The summed E-state index contributed by atoms with van der Waals surface area (Å²) in [6.45, 7) is 3.42. The highest BCUT2D eigenvalue weighted by molar-refractivity contribution is 7.14. The molecule has 0 aliphatic carbocycles. The van der Waals surface area contributed by atoms with Gasteiger partial charge in [0.05, 0.1) is 12.0 Å². The van der Waals surface area contributed by atoms with E-state index < -0.39 is 0 Å². The van der Waals surface area contributed by atoms with Crippen LogP contribution in [0.2, 0.25) is 0 Å². The number of thiophene rings is 1. The number of methoxy groups -OCH3 is 1. The SMILES string of the molecule is COc1ccc(-c2cc(C(=O)N3CCCC3CN)sc2C)cc1. The third-order valence-electron chi connectivity index (χ3n) is 4.44. The lowest BCUT2D eigenvalue weighted by atomic mass is 10.1. The van der Waals surface area contributed by atoms with Crippen LogP contribution in [0.1, 0.15) is 27.4 Å². The highest BCUT2D eigenvalue weighted by Crippen LogP contribution is 2.33. The van der Waals surface area contributed by atoms with Crippen LogP contribution in [-0.2, 0) is 0 Å². The van der Waals surface area contributed by atoms with Gasteiger partial charge in [-0.05, 0) is 49.1 Å². The summed E-state index contributed by atoms with van der Waals surface area (Å²) in [5, 5.41) is 0. The molecule has 5 heteroatoms. The molecule has 0 radical (unpaired) electrons. The molecule has 1 unspecified atom stereocenters. The van der Waals surface area contributed by atoms with Gasteiger partial charge in [0.2, 0.25) is 0 Å². The Hall–Kier alpha value is -1.85. The van der Waals surface area contributed by atoms with E-state index in [4.69, 9.17) is 10.5 Å². The van der Waals surface area contributed by atoms with Gasteiger partial charge in [0, 0.05) is 24.0 Å². The predicted octanol–water partition coefficient (Wildman–Crippen LogP) is 3.30. The number of carbonyl (C=O) groups excluding carboxylic acids is 1. The first-order valence-corrected chi connectivity index (χ1v) is 8.71. The molecule has 23 heavy (non-hydrogen) atoms. The van der Waals surface area contributed by atoms with Crippen molar-refractivity contribution in [3.05, 3.63) is 40.1 Å². The number of rotatable bonds is 4. The van der Waals surface area contributed by atoms with Crippen LogP contribution in [-0.4, -0.2) is 37.0 Å². The second-order valence-electron chi connectivity index (χ2n) is 5.84. The summed E-state index contributed by atoms with van der Waals surface area (Å²) >= 11 is 1.56. The summed E-state index contributed by atoms with van der Waals surface area (Å²) in [6, 6.07) is 10.1. The molecule has 1 atom stereocenters. The second kappa shape index (κ2) is 6.72. The number of hydrogen-bond donors (Lipinski definition) is 1. The monoisotopic (exact) mass is 330 g/mol. The molecule has 0 saturated carbocycles. The third-order valence-corrected chi connectivity index (χ3v) is 5.48. The van der Waals surface area contributed by atoms with Crippen LogP contribution >= 0.6 is 11.3 Å². The molecule has 2 N–H and O–H groups in total. The predicted molar refractivity (Wildman–Crippen MR) is 94.2 cm³/mol. The maximum absolute atomic E-state index is 12.8. The van der Waals surface area contributed by atoms with Crippen molar-refractivity contribution in [1.29, 1.82) is 0 Å². The minimum absolute atomic E-state index is 0.116. The summed E-state index contributed by atoms with van der Waals surface area (Å²) in [5.41, 5.74) is 8.01. The molecule has 0 bridgehead atoms. The lowest BCUT2D eigenvalue weighted by molar-refractivity contribution is 0.0746. The molecule has 1 amide bonds. The smallest absolute Gasteiger partial charge is 0.264 e. The van der Waals surface area contributed by atoms with Crippen LogP contribution in [0.15, 0.2) is 30.3 Å². The molecule has 0 spiro atoms. The molecule has 1 saturated heterocycles. The summed E-state index contributed by atoms with van der Waals surface area (Å²) < 4.78 is 5.20. The number of benzene rings is 1. The van der Waals surface area contributed by atoms with Crippen molar-refractivity contribution >= 4 is 17.2 Å². The van der Waals surface area contributed by atoms with Gasteiger partial charge in [-0.1, -0.05) is 12.1 Å². The van der Waals surface area contributed by atoms with Crippen molar-refractivity contribution in [2.75, 3.05) is 20.2 Å². The lowest BCUT2D eigenvalue weighted by Crippen LogP contribution is -2.39. The number of carbonyl (C=O) groups is 1. The average molecular weight is 330 g/mol. The zero-order valence-electron chi connectivity index (χ0n) is 13.5. The topological polar surface area (TPSA) is 55.6 Å². The van der Waals surface area contributed by atoms with Gasteiger partial charge < -0.3 is 15.4 Å². The Kier molecular flexibility index (Phi) is 4.68. The van der Waals surface area contributed by atoms with E-state index >= 15 is 0 Å². The van der Waals surface area contributed by atoms with Gasteiger partial charge in [0.1, 0.15) is 5.75 Å². The molecule has 1 fully saturated rings. The quantitative estimate of drug-likeness (QED) is 0.936. The van der Waals surface area contributed by atoms with Gasteiger partial charge in [-0.2, -0.15) is 0 Å². The summed E-state index contributed by atoms with van der Waals surface area (Å²) in [4.78, 5) is 16.7. The van der Waals surface area contributed by atoms with Crippen LogP contribution < -0.4 is 10.5 Å². The van der Waals surface area contributed by atoms with E-state index in [1.807, 2.05) is 35.2 Å². The number of hydrogen-bond acceptors (Lipinski definition) is 4. The van der Waals surface area contributed by atoms with E-state index in [1.165, 1.54) is 0 Å². The van der Waals surface area contributed by atoms with Crippen LogP contribution in [0.3, 0.4) is 0 Å². The first-order chi connectivity index (χ1) is 11.1. The molecule has 1 aromatic heterocycles. The van der Waals surface area contributed by atoms with E-state index in [2.05, 4.69) is 6.92 Å². The normalized spacial score (nSPS) is 17.5. The van der Waals surface area contributed by atoms with E-state index in [1.54, 1.807) is 18.4 Å². The van der Waals surface area contributed by atoms with E-state index in [9.17, 15) is 4.79 Å². The zero-order valence-corrected chi connectivity index (χ0v) is 14.4. The molecule has 2 aromatic rings. The first-order valence-electron chi connectivity index (χ1n) is 7.90. The summed E-state index contributed by atoms with van der Waals surface area (Å²) in [7, 11) is 1.66. The Bertz CT molecular complexity index is 694. The highest BCUT2D eigenvalue weighted by Gasteiger charge is 2.29. The number of likely N-dealkylation sites (tertiary alicyclic amines) is 1. The largest absolute Gasteiger partial charge is 0.497 e. The van der Waals surface area contributed by atoms with Gasteiger partial charge in [-0.25, -0.2) is 0 Å². The molecule has 2 heterocycles. The number of nitrogens with two attached hydrogens (primary N) is 1. The van der Waals surface area contributed by atoms with Gasteiger partial charge in [0.15, 0.2) is 0 Å². The van der Waals surface area contributed by atoms with Crippen molar-refractivity contribution in [3.8, 4) is 16.9 Å². The average Bonchev–Trinajstić information content (AvgIpc) is 3.20. The van der Waals surface area contributed by atoms with E-state index in [-0.39, 0.29) is 11.9 Å². The fourth-order valence-corrected chi connectivity index (χ4v) is 4.13. The molecular formula is C18H22N2O2S. The minimum Gasteiger partial charge on any atom is -0.497 e. The van der Waals surface area contributed by atoms with Crippen molar-refractivity contribution < 1.29 is 9.53 Å². The fourth-order valence-electron chi connectivity index (χ4n) is 3.13. The Labute approximate surface area is 140 Å². The van der Waals surface area contributed by atoms with Crippen LogP contribution in [0.4, 0.5) is 0 Å². The van der Waals surface area contributed by atoms with Gasteiger partial charge in [-0.15, -0.1) is 11.3 Å².